The predicted molar refractivity (Wildman–Crippen MR) is 72.8 cm³/mol. The molecule has 0 saturated heterocycles. The van der Waals surface area contributed by atoms with Gasteiger partial charge in [0, 0.05) is 17.8 Å². The molecular formula is C11H21NO3S2. The van der Waals surface area contributed by atoms with Gasteiger partial charge in [-0.15, -0.1) is 0 Å². The van der Waals surface area contributed by atoms with Gasteiger partial charge in [-0.3, -0.25) is 0 Å². The van der Waals surface area contributed by atoms with Gasteiger partial charge in [-0.2, -0.15) is 0 Å². The summed E-state index contributed by atoms with van der Waals surface area (Å²) in [4.78, 5) is 0.389. The third kappa shape index (κ3) is 3.17. The number of rotatable bonds is 6. The first kappa shape index (κ1) is 14.9. The minimum atomic E-state index is -3.00. The summed E-state index contributed by atoms with van der Waals surface area (Å²) < 4.78 is 29.1. The maximum Gasteiger partial charge on any atom is 0.152 e. The molecule has 1 saturated carbocycles. The topological polar surface area (TPSA) is 69.4 Å². The summed E-state index contributed by atoms with van der Waals surface area (Å²) >= 11 is 5.10. The Labute approximate surface area is 109 Å². The quantitative estimate of drug-likeness (QED) is 0.742. The summed E-state index contributed by atoms with van der Waals surface area (Å²) in [6.07, 6.45) is 1.87. The van der Waals surface area contributed by atoms with Gasteiger partial charge in [0.2, 0.25) is 0 Å². The molecule has 2 atom stereocenters. The Morgan fingerprint density at radius 2 is 2.18 bits per heavy atom. The highest BCUT2D eigenvalue weighted by molar-refractivity contribution is 7.92. The zero-order valence-electron chi connectivity index (χ0n) is 10.4. The molecule has 1 rings (SSSR count). The second kappa shape index (κ2) is 5.63. The fourth-order valence-electron chi connectivity index (χ4n) is 2.34. The molecule has 0 heterocycles. The van der Waals surface area contributed by atoms with E-state index in [1.165, 1.54) is 0 Å². The van der Waals surface area contributed by atoms with E-state index in [1.807, 2.05) is 6.92 Å². The Morgan fingerprint density at radius 1 is 1.53 bits per heavy atom. The van der Waals surface area contributed by atoms with Crippen LogP contribution in [0.2, 0.25) is 0 Å². The van der Waals surface area contributed by atoms with Crippen LogP contribution in [0.3, 0.4) is 0 Å². The molecule has 0 unspecified atom stereocenters. The Hall–Kier alpha value is -0.200. The van der Waals surface area contributed by atoms with Crippen molar-refractivity contribution in [3.63, 3.8) is 0 Å². The monoisotopic (exact) mass is 279 g/mol. The molecule has 17 heavy (non-hydrogen) atoms. The van der Waals surface area contributed by atoms with Crippen LogP contribution in [0.15, 0.2) is 0 Å². The zero-order chi connectivity index (χ0) is 13.1. The highest BCUT2D eigenvalue weighted by Crippen LogP contribution is 2.42. The standard InChI is InChI=1S/C11H21NO3S2/c1-3-15-8-11(10(12)16)6-5-9(7-11)17(13,14)4-2/h9H,3-8H2,1-2H3,(H2,12,16)/t9-,11-/m0/s1. The lowest BCUT2D eigenvalue weighted by Gasteiger charge is -2.27. The second-order valence-electron chi connectivity index (χ2n) is 4.60. The van der Waals surface area contributed by atoms with E-state index >= 15 is 0 Å². The fraction of sp³-hybridized carbons (Fsp3) is 0.909. The van der Waals surface area contributed by atoms with E-state index in [0.717, 1.165) is 0 Å². The predicted octanol–water partition coefficient (Wildman–Crippen LogP) is 1.28. The summed E-state index contributed by atoms with van der Waals surface area (Å²) in [5, 5.41) is -0.311. The van der Waals surface area contributed by atoms with Crippen LogP contribution < -0.4 is 5.73 Å². The van der Waals surface area contributed by atoms with Gasteiger partial charge in [0.1, 0.15) is 0 Å². The molecule has 0 spiro atoms. The molecule has 2 N–H and O–H groups in total. The Kier molecular flexibility index (Phi) is 4.92. The number of nitrogens with two attached hydrogens (primary N) is 1. The Bertz CT molecular complexity index is 380. The third-order valence-electron chi connectivity index (χ3n) is 3.58. The largest absolute Gasteiger partial charge is 0.393 e. The van der Waals surface area contributed by atoms with E-state index in [-0.39, 0.29) is 11.0 Å². The minimum absolute atomic E-state index is 0.180. The smallest absolute Gasteiger partial charge is 0.152 e. The van der Waals surface area contributed by atoms with Crippen LogP contribution >= 0.6 is 12.2 Å². The van der Waals surface area contributed by atoms with Gasteiger partial charge in [-0.25, -0.2) is 8.42 Å². The Morgan fingerprint density at radius 3 is 2.65 bits per heavy atom. The lowest BCUT2D eigenvalue weighted by molar-refractivity contribution is 0.0896. The van der Waals surface area contributed by atoms with Crippen LogP contribution in [0.4, 0.5) is 0 Å². The first-order chi connectivity index (χ1) is 7.88. The molecule has 0 radical (unpaired) electrons. The maximum absolute atomic E-state index is 11.9. The highest BCUT2D eigenvalue weighted by Gasteiger charge is 2.45. The van der Waals surface area contributed by atoms with Crippen molar-refractivity contribution in [2.24, 2.45) is 11.1 Å². The first-order valence-electron chi connectivity index (χ1n) is 5.97. The van der Waals surface area contributed by atoms with E-state index in [1.54, 1.807) is 6.92 Å². The van der Waals surface area contributed by atoms with Crippen molar-refractivity contribution in [3.8, 4) is 0 Å². The van der Waals surface area contributed by atoms with Crippen molar-refractivity contribution >= 4 is 27.0 Å². The number of hydrogen-bond acceptors (Lipinski definition) is 4. The summed E-state index contributed by atoms with van der Waals surface area (Å²) in [5.74, 6) is 0.180. The Balaban J connectivity index is 2.82. The number of hydrogen-bond donors (Lipinski definition) is 1. The molecule has 6 heteroatoms. The minimum Gasteiger partial charge on any atom is -0.393 e. The second-order valence-corrected chi connectivity index (χ2v) is 7.61. The summed E-state index contributed by atoms with van der Waals surface area (Å²) in [6.45, 7) is 4.62. The summed E-state index contributed by atoms with van der Waals surface area (Å²) in [7, 11) is -3.00. The van der Waals surface area contributed by atoms with Crippen LogP contribution in [0.1, 0.15) is 33.1 Å². The van der Waals surface area contributed by atoms with Crippen LogP contribution in [0.5, 0.6) is 0 Å². The number of thiocarbonyl (C=S) groups is 1. The van der Waals surface area contributed by atoms with Crippen molar-refractivity contribution in [2.75, 3.05) is 19.0 Å². The normalized spacial score (nSPS) is 29.4. The average Bonchev–Trinajstić information content (AvgIpc) is 2.73. The average molecular weight is 279 g/mol. The van der Waals surface area contributed by atoms with Crippen LogP contribution in [-0.4, -0.2) is 37.6 Å². The fourth-order valence-corrected chi connectivity index (χ4v) is 4.11. The SMILES string of the molecule is CCOC[C@]1(C(N)=S)CC[C@H](S(=O)(=O)CC)C1. The molecule has 0 aromatic heterocycles. The van der Waals surface area contributed by atoms with E-state index in [0.29, 0.717) is 37.5 Å². The molecule has 1 fully saturated rings. The first-order valence-corrected chi connectivity index (χ1v) is 8.09. The van der Waals surface area contributed by atoms with Crippen molar-refractivity contribution in [1.29, 1.82) is 0 Å². The molecule has 1 aliphatic carbocycles. The van der Waals surface area contributed by atoms with Gasteiger partial charge in [0.05, 0.1) is 16.8 Å². The molecule has 1 aliphatic rings. The van der Waals surface area contributed by atoms with Gasteiger partial charge >= 0.3 is 0 Å². The molecule has 100 valence electrons. The van der Waals surface area contributed by atoms with Gasteiger partial charge in [0.25, 0.3) is 0 Å². The number of sulfone groups is 1. The highest BCUT2D eigenvalue weighted by atomic mass is 32.2. The summed E-state index contributed by atoms with van der Waals surface area (Å²) in [5.41, 5.74) is 5.36. The lowest BCUT2D eigenvalue weighted by Crippen LogP contribution is -2.38. The number of ether oxygens (including phenoxy) is 1. The zero-order valence-corrected chi connectivity index (χ0v) is 12.1. The molecular weight excluding hydrogens is 258 g/mol. The van der Waals surface area contributed by atoms with Crippen molar-refractivity contribution in [1.82, 2.24) is 0 Å². The van der Waals surface area contributed by atoms with Crippen LogP contribution in [0.25, 0.3) is 0 Å². The van der Waals surface area contributed by atoms with Crippen molar-refractivity contribution in [2.45, 2.75) is 38.4 Å². The van der Waals surface area contributed by atoms with Gasteiger partial charge in [-0.1, -0.05) is 19.1 Å². The van der Waals surface area contributed by atoms with Gasteiger partial charge in [0.15, 0.2) is 9.84 Å². The molecule has 4 nitrogen and oxygen atoms in total. The molecule has 0 amide bonds. The molecule has 0 bridgehead atoms. The third-order valence-corrected chi connectivity index (χ3v) is 6.23. The molecule has 0 aromatic rings. The van der Waals surface area contributed by atoms with E-state index in [4.69, 9.17) is 22.7 Å². The molecule has 0 aromatic carbocycles. The van der Waals surface area contributed by atoms with Crippen molar-refractivity contribution < 1.29 is 13.2 Å². The summed E-state index contributed by atoms with van der Waals surface area (Å²) in [6, 6.07) is 0. The lowest BCUT2D eigenvalue weighted by atomic mass is 9.87. The van der Waals surface area contributed by atoms with Crippen molar-refractivity contribution in [3.05, 3.63) is 0 Å². The van der Waals surface area contributed by atoms with E-state index in [2.05, 4.69) is 0 Å². The van der Waals surface area contributed by atoms with E-state index in [9.17, 15) is 8.42 Å². The maximum atomic E-state index is 11.9. The van der Waals surface area contributed by atoms with E-state index < -0.39 is 15.3 Å². The van der Waals surface area contributed by atoms with Crippen LogP contribution in [-0.2, 0) is 14.6 Å². The van der Waals surface area contributed by atoms with Crippen LogP contribution in [0, 0.1) is 5.41 Å². The van der Waals surface area contributed by atoms with Gasteiger partial charge in [-0.05, 0) is 26.2 Å². The van der Waals surface area contributed by atoms with Gasteiger partial charge < -0.3 is 10.5 Å². The molecule has 0 aliphatic heterocycles.